The molecule has 0 aliphatic heterocycles. The Balaban J connectivity index is 1.55. The largest absolute Gasteiger partial charge is 0.469 e. The Kier molecular flexibility index (Phi) is 7.67. The molecule has 140 valence electrons. The minimum atomic E-state index is -0.366. The monoisotopic (exact) mass is 361 g/mol. The molecule has 0 saturated heterocycles. The van der Waals surface area contributed by atoms with Crippen LogP contribution in [-0.2, 0) is 17.6 Å². The molecule has 7 heteroatoms. The highest BCUT2D eigenvalue weighted by Gasteiger charge is 2.08. The Morgan fingerprint density at radius 3 is 2.69 bits per heavy atom. The number of rotatable bonds is 9. The van der Waals surface area contributed by atoms with E-state index in [-0.39, 0.29) is 30.2 Å². The van der Waals surface area contributed by atoms with Gasteiger partial charge >= 0.3 is 6.03 Å². The zero-order valence-corrected chi connectivity index (χ0v) is 14.8. The molecule has 0 spiro atoms. The summed E-state index contributed by atoms with van der Waals surface area (Å²) in [6.07, 6.45) is 3.26. The van der Waals surface area contributed by atoms with Gasteiger partial charge in [-0.25, -0.2) is 9.18 Å². The van der Waals surface area contributed by atoms with Crippen LogP contribution >= 0.6 is 0 Å². The zero-order valence-electron chi connectivity index (χ0n) is 14.8. The van der Waals surface area contributed by atoms with Crippen molar-refractivity contribution in [1.82, 2.24) is 16.0 Å². The normalized spacial score (nSPS) is 11.6. The van der Waals surface area contributed by atoms with E-state index in [9.17, 15) is 14.0 Å². The third-order valence-corrected chi connectivity index (χ3v) is 3.77. The van der Waals surface area contributed by atoms with Gasteiger partial charge in [0.05, 0.1) is 12.7 Å². The standard InChI is InChI=1S/C19H24FN3O3/c1-14(7-8-17-6-3-11-26-17)23-19(25)22-10-9-21-18(24)13-15-4-2-5-16(20)12-15/h2-6,11-12,14H,7-10,13H2,1H3,(H,21,24)(H2,22,23,25)/t14-/m0/s1. The zero-order chi connectivity index (χ0) is 18.8. The first-order valence-corrected chi connectivity index (χ1v) is 8.61. The van der Waals surface area contributed by atoms with E-state index in [4.69, 9.17) is 4.42 Å². The van der Waals surface area contributed by atoms with Gasteiger partial charge in [-0.05, 0) is 43.2 Å². The quantitative estimate of drug-likeness (QED) is 0.600. The molecule has 0 radical (unpaired) electrons. The van der Waals surface area contributed by atoms with Gasteiger partial charge in [0.1, 0.15) is 11.6 Å². The van der Waals surface area contributed by atoms with E-state index in [1.165, 1.54) is 12.1 Å². The summed E-state index contributed by atoms with van der Waals surface area (Å²) in [5.41, 5.74) is 0.610. The Morgan fingerprint density at radius 2 is 1.96 bits per heavy atom. The summed E-state index contributed by atoms with van der Waals surface area (Å²) in [5.74, 6) is 0.305. The molecule has 1 atom stereocenters. The predicted molar refractivity (Wildman–Crippen MR) is 96.1 cm³/mol. The Bertz CT molecular complexity index is 704. The molecular weight excluding hydrogens is 337 g/mol. The summed E-state index contributed by atoms with van der Waals surface area (Å²) in [6.45, 7) is 2.54. The van der Waals surface area contributed by atoms with Crippen molar-refractivity contribution in [2.75, 3.05) is 13.1 Å². The number of urea groups is 1. The van der Waals surface area contributed by atoms with E-state index in [0.29, 0.717) is 18.7 Å². The molecule has 2 rings (SSSR count). The van der Waals surface area contributed by atoms with E-state index in [1.54, 1.807) is 18.4 Å². The van der Waals surface area contributed by atoms with E-state index < -0.39 is 0 Å². The minimum absolute atomic E-state index is 0.00247. The highest BCUT2D eigenvalue weighted by atomic mass is 19.1. The van der Waals surface area contributed by atoms with Crippen molar-refractivity contribution in [2.24, 2.45) is 0 Å². The van der Waals surface area contributed by atoms with Crippen molar-refractivity contribution in [3.63, 3.8) is 0 Å². The maximum absolute atomic E-state index is 13.1. The van der Waals surface area contributed by atoms with Crippen molar-refractivity contribution in [2.45, 2.75) is 32.2 Å². The molecule has 3 N–H and O–H groups in total. The molecule has 6 nitrogen and oxygen atoms in total. The molecular formula is C19H24FN3O3. The Morgan fingerprint density at radius 1 is 1.15 bits per heavy atom. The van der Waals surface area contributed by atoms with Gasteiger partial charge in [-0.3, -0.25) is 4.79 Å². The van der Waals surface area contributed by atoms with Crippen LogP contribution in [0.5, 0.6) is 0 Å². The van der Waals surface area contributed by atoms with Gasteiger partial charge in [0.15, 0.2) is 0 Å². The smallest absolute Gasteiger partial charge is 0.315 e. The lowest BCUT2D eigenvalue weighted by Crippen LogP contribution is -2.43. The first-order chi connectivity index (χ1) is 12.5. The fourth-order valence-electron chi connectivity index (χ4n) is 2.43. The maximum Gasteiger partial charge on any atom is 0.315 e. The molecule has 1 aromatic carbocycles. The topological polar surface area (TPSA) is 83.4 Å². The number of hydrogen-bond donors (Lipinski definition) is 3. The molecule has 3 amide bonds. The van der Waals surface area contributed by atoms with Crippen molar-refractivity contribution in [3.8, 4) is 0 Å². The van der Waals surface area contributed by atoms with Gasteiger partial charge in [-0.1, -0.05) is 12.1 Å². The van der Waals surface area contributed by atoms with Crippen LogP contribution in [-0.4, -0.2) is 31.1 Å². The number of aryl methyl sites for hydroxylation is 1. The van der Waals surface area contributed by atoms with Gasteiger partial charge in [0, 0.05) is 25.6 Å². The number of carbonyl (C=O) groups is 2. The summed E-state index contributed by atoms with van der Waals surface area (Å²) < 4.78 is 18.3. The number of nitrogens with one attached hydrogen (secondary N) is 3. The van der Waals surface area contributed by atoms with Crippen molar-refractivity contribution >= 4 is 11.9 Å². The summed E-state index contributed by atoms with van der Waals surface area (Å²) in [4.78, 5) is 23.6. The highest BCUT2D eigenvalue weighted by molar-refractivity contribution is 5.78. The molecule has 2 aromatic rings. The van der Waals surface area contributed by atoms with Gasteiger partial charge < -0.3 is 20.4 Å². The van der Waals surface area contributed by atoms with Crippen LogP contribution in [0.15, 0.2) is 47.1 Å². The second kappa shape index (κ2) is 10.2. The number of benzene rings is 1. The van der Waals surface area contributed by atoms with Gasteiger partial charge in [-0.15, -0.1) is 0 Å². The van der Waals surface area contributed by atoms with Crippen molar-refractivity contribution in [1.29, 1.82) is 0 Å². The van der Waals surface area contributed by atoms with Crippen molar-refractivity contribution in [3.05, 3.63) is 59.8 Å². The van der Waals surface area contributed by atoms with E-state index in [2.05, 4.69) is 16.0 Å². The average Bonchev–Trinajstić information content (AvgIpc) is 3.10. The summed E-state index contributed by atoms with van der Waals surface area (Å²) in [6, 6.07) is 9.38. The first kappa shape index (κ1) is 19.5. The van der Waals surface area contributed by atoms with E-state index in [0.717, 1.165) is 18.6 Å². The van der Waals surface area contributed by atoms with Crippen LogP contribution in [0.2, 0.25) is 0 Å². The van der Waals surface area contributed by atoms with Crippen LogP contribution in [0.4, 0.5) is 9.18 Å². The summed E-state index contributed by atoms with van der Waals surface area (Å²) in [7, 11) is 0. The molecule has 0 aliphatic carbocycles. The molecule has 0 aliphatic rings. The lowest BCUT2D eigenvalue weighted by Gasteiger charge is -2.14. The van der Waals surface area contributed by atoms with Crippen LogP contribution in [0.25, 0.3) is 0 Å². The average molecular weight is 361 g/mol. The fraction of sp³-hybridized carbons (Fsp3) is 0.368. The predicted octanol–water partition coefficient (Wildman–Crippen LogP) is 2.40. The van der Waals surface area contributed by atoms with Crippen LogP contribution in [0, 0.1) is 5.82 Å². The van der Waals surface area contributed by atoms with Crippen molar-refractivity contribution < 1.29 is 18.4 Å². The van der Waals surface area contributed by atoms with Crippen LogP contribution in [0.3, 0.4) is 0 Å². The third kappa shape index (κ3) is 7.38. The van der Waals surface area contributed by atoms with E-state index >= 15 is 0 Å². The Labute approximate surface area is 152 Å². The molecule has 0 fully saturated rings. The Hall–Kier alpha value is -2.83. The van der Waals surface area contributed by atoms with E-state index in [1.807, 2.05) is 19.1 Å². The number of carbonyl (C=O) groups excluding carboxylic acids is 2. The summed E-state index contributed by atoms with van der Waals surface area (Å²) in [5, 5.41) is 8.20. The molecule has 26 heavy (non-hydrogen) atoms. The van der Waals surface area contributed by atoms with Gasteiger partial charge in [0.25, 0.3) is 0 Å². The molecule has 1 aromatic heterocycles. The highest BCUT2D eigenvalue weighted by Crippen LogP contribution is 2.05. The van der Waals surface area contributed by atoms with Gasteiger partial charge in [0.2, 0.25) is 5.91 Å². The minimum Gasteiger partial charge on any atom is -0.469 e. The first-order valence-electron chi connectivity index (χ1n) is 8.61. The number of hydrogen-bond acceptors (Lipinski definition) is 3. The van der Waals surface area contributed by atoms with Crippen LogP contribution in [0.1, 0.15) is 24.7 Å². The second-order valence-electron chi connectivity index (χ2n) is 6.08. The molecule has 0 saturated carbocycles. The number of furan rings is 1. The maximum atomic E-state index is 13.1. The number of halogens is 1. The molecule has 0 bridgehead atoms. The molecule has 1 heterocycles. The fourth-order valence-corrected chi connectivity index (χ4v) is 2.43. The lowest BCUT2D eigenvalue weighted by atomic mass is 10.1. The van der Waals surface area contributed by atoms with Crippen LogP contribution < -0.4 is 16.0 Å². The SMILES string of the molecule is C[C@@H](CCc1ccco1)NC(=O)NCCNC(=O)Cc1cccc(F)c1. The molecule has 0 unspecified atom stereocenters. The second-order valence-corrected chi connectivity index (χ2v) is 6.08. The van der Waals surface area contributed by atoms with Gasteiger partial charge in [-0.2, -0.15) is 0 Å². The third-order valence-electron chi connectivity index (χ3n) is 3.77. The lowest BCUT2D eigenvalue weighted by molar-refractivity contribution is -0.120. The number of amides is 3. The summed E-state index contributed by atoms with van der Waals surface area (Å²) >= 11 is 0.